The van der Waals surface area contributed by atoms with Gasteiger partial charge in [-0.2, -0.15) is 0 Å². The average Bonchev–Trinajstić information content (AvgIpc) is 2.32. The summed E-state index contributed by atoms with van der Waals surface area (Å²) in [6.07, 6.45) is 0. The summed E-state index contributed by atoms with van der Waals surface area (Å²) in [6.45, 7) is 0. The van der Waals surface area contributed by atoms with Gasteiger partial charge < -0.3 is 5.73 Å². The molecular formula is C12H11BrN2O2S. The second kappa shape index (κ2) is 4.99. The van der Waals surface area contributed by atoms with Crippen molar-refractivity contribution in [1.29, 1.82) is 0 Å². The first-order valence-electron chi connectivity index (χ1n) is 5.12. The van der Waals surface area contributed by atoms with Crippen LogP contribution in [0.2, 0.25) is 0 Å². The van der Waals surface area contributed by atoms with Crippen molar-refractivity contribution in [2.24, 2.45) is 0 Å². The lowest BCUT2D eigenvalue weighted by molar-refractivity contribution is 0.601. The van der Waals surface area contributed by atoms with E-state index in [2.05, 4.69) is 20.7 Å². The van der Waals surface area contributed by atoms with Crippen LogP contribution in [0.25, 0.3) is 0 Å². The van der Waals surface area contributed by atoms with Gasteiger partial charge in [0.05, 0.1) is 11.4 Å². The fraction of sp³-hybridized carbons (Fsp3) is 0. The van der Waals surface area contributed by atoms with Gasteiger partial charge in [0, 0.05) is 4.47 Å². The van der Waals surface area contributed by atoms with E-state index in [1.165, 1.54) is 6.07 Å². The summed E-state index contributed by atoms with van der Waals surface area (Å²) in [6, 6.07) is 13.3. The Morgan fingerprint density at radius 2 is 1.61 bits per heavy atom. The molecule has 0 atom stereocenters. The molecule has 6 heteroatoms. The number of nitrogens with two attached hydrogens (primary N) is 1. The average molecular weight is 327 g/mol. The van der Waals surface area contributed by atoms with Crippen LogP contribution in [0, 0.1) is 0 Å². The third-order valence-electron chi connectivity index (χ3n) is 2.33. The van der Waals surface area contributed by atoms with Gasteiger partial charge in [-0.15, -0.1) is 0 Å². The highest BCUT2D eigenvalue weighted by atomic mass is 79.9. The van der Waals surface area contributed by atoms with Crippen LogP contribution in [-0.2, 0) is 10.0 Å². The molecule has 18 heavy (non-hydrogen) atoms. The maximum absolute atomic E-state index is 12.2. The minimum Gasteiger partial charge on any atom is -0.398 e. The fourth-order valence-corrected chi connectivity index (χ4v) is 3.20. The molecule has 3 N–H and O–H groups in total. The number of benzene rings is 2. The Labute approximate surface area is 114 Å². The molecule has 94 valence electrons. The summed E-state index contributed by atoms with van der Waals surface area (Å²) >= 11 is 3.28. The molecule has 0 aliphatic carbocycles. The number of nitrogen functional groups attached to an aromatic ring is 1. The van der Waals surface area contributed by atoms with Crippen LogP contribution in [0.5, 0.6) is 0 Å². The van der Waals surface area contributed by atoms with Gasteiger partial charge in [-0.3, -0.25) is 4.72 Å². The van der Waals surface area contributed by atoms with E-state index in [9.17, 15) is 8.42 Å². The zero-order chi connectivity index (χ0) is 13.2. The highest BCUT2D eigenvalue weighted by molar-refractivity contribution is 9.10. The summed E-state index contributed by atoms with van der Waals surface area (Å²) in [5.41, 5.74) is 6.36. The SMILES string of the molecule is Nc1ccccc1S(=O)(=O)Nc1ccccc1Br. The molecular weight excluding hydrogens is 316 g/mol. The zero-order valence-corrected chi connectivity index (χ0v) is 11.7. The van der Waals surface area contributed by atoms with Crippen LogP contribution in [0.4, 0.5) is 11.4 Å². The van der Waals surface area contributed by atoms with Crippen molar-refractivity contribution in [2.45, 2.75) is 4.90 Å². The van der Waals surface area contributed by atoms with Gasteiger partial charge in [0.25, 0.3) is 10.0 Å². The normalized spacial score (nSPS) is 11.2. The first-order chi connectivity index (χ1) is 8.50. The number of nitrogens with one attached hydrogen (secondary N) is 1. The second-order valence-corrected chi connectivity index (χ2v) is 6.13. The van der Waals surface area contributed by atoms with Crippen molar-refractivity contribution in [3.8, 4) is 0 Å². The van der Waals surface area contributed by atoms with E-state index in [0.29, 0.717) is 10.2 Å². The summed E-state index contributed by atoms with van der Waals surface area (Å²) in [5.74, 6) is 0. The van der Waals surface area contributed by atoms with Crippen molar-refractivity contribution < 1.29 is 8.42 Å². The molecule has 0 radical (unpaired) electrons. The number of rotatable bonds is 3. The second-order valence-electron chi connectivity index (χ2n) is 3.62. The van der Waals surface area contributed by atoms with Crippen LogP contribution >= 0.6 is 15.9 Å². The van der Waals surface area contributed by atoms with Crippen molar-refractivity contribution in [2.75, 3.05) is 10.5 Å². The van der Waals surface area contributed by atoms with E-state index in [-0.39, 0.29) is 10.6 Å². The van der Waals surface area contributed by atoms with Crippen LogP contribution < -0.4 is 10.5 Å². The van der Waals surface area contributed by atoms with E-state index < -0.39 is 10.0 Å². The van der Waals surface area contributed by atoms with Gasteiger partial charge in [-0.05, 0) is 40.2 Å². The monoisotopic (exact) mass is 326 g/mol. The number of hydrogen-bond acceptors (Lipinski definition) is 3. The minimum absolute atomic E-state index is 0.0701. The maximum Gasteiger partial charge on any atom is 0.263 e. The number of anilines is 2. The third kappa shape index (κ3) is 2.65. The summed E-state index contributed by atoms with van der Waals surface area (Å²) in [5, 5.41) is 0. The Kier molecular flexibility index (Phi) is 3.58. The minimum atomic E-state index is -3.67. The summed E-state index contributed by atoms with van der Waals surface area (Å²) in [4.78, 5) is 0.0701. The molecule has 2 aromatic rings. The standard InChI is InChI=1S/C12H11BrN2O2S/c13-9-5-1-3-7-11(9)15-18(16,17)12-8-4-2-6-10(12)14/h1-8,15H,14H2. The van der Waals surface area contributed by atoms with E-state index in [1.54, 1.807) is 42.5 Å². The van der Waals surface area contributed by atoms with Crippen LogP contribution in [0.1, 0.15) is 0 Å². The van der Waals surface area contributed by atoms with Crippen LogP contribution in [0.15, 0.2) is 57.9 Å². The predicted octanol–water partition coefficient (Wildman–Crippen LogP) is 2.83. The molecule has 0 aliphatic rings. The first-order valence-corrected chi connectivity index (χ1v) is 7.40. The van der Waals surface area contributed by atoms with Gasteiger partial charge in [0.15, 0.2) is 0 Å². The van der Waals surface area contributed by atoms with Crippen molar-refractivity contribution in [3.05, 3.63) is 53.0 Å². The van der Waals surface area contributed by atoms with Gasteiger partial charge >= 0.3 is 0 Å². The topological polar surface area (TPSA) is 72.2 Å². The lowest BCUT2D eigenvalue weighted by Crippen LogP contribution is -2.14. The molecule has 0 spiro atoms. The molecule has 0 saturated carbocycles. The Bertz CT molecular complexity index is 671. The molecule has 0 fully saturated rings. The third-order valence-corrected chi connectivity index (χ3v) is 4.46. The highest BCUT2D eigenvalue weighted by Gasteiger charge is 2.17. The Morgan fingerprint density at radius 3 is 2.28 bits per heavy atom. The number of halogens is 1. The molecule has 0 saturated heterocycles. The predicted molar refractivity (Wildman–Crippen MR) is 75.8 cm³/mol. The largest absolute Gasteiger partial charge is 0.398 e. The van der Waals surface area contributed by atoms with Crippen molar-refractivity contribution >= 4 is 37.3 Å². The molecule has 0 aliphatic heterocycles. The molecule has 0 unspecified atom stereocenters. The van der Waals surface area contributed by atoms with Gasteiger partial charge in [-0.1, -0.05) is 24.3 Å². The van der Waals surface area contributed by atoms with Gasteiger partial charge in [0.1, 0.15) is 4.90 Å². The molecule has 2 rings (SSSR count). The summed E-state index contributed by atoms with van der Waals surface area (Å²) in [7, 11) is -3.67. The first kappa shape index (κ1) is 12.9. The van der Waals surface area contributed by atoms with Gasteiger partial charge in [-0.25, -0.2) is 8.42 Å². The fourth-order valence-electron chi connectivity index (χ4n) is 1.47. The highest BCUT2D eigenvalue weighted by Crippen LogP contribution is 2.26. The van der Waals surface area contributed by atoms with E-state index in [1.807, 2.05) is 0 Å². The number of para-hydroxylation sites is 2. The zero-order valence-electron chi connectivity index (χ0n) is 9.30. The molecule has 2 aromatic carbocycles. The van der Waals surface area contributed by atoms with Crippen molar-refractivity contribution in [1.82, 2.24) is 0 Å². The number of hydrogen-bond donors (Lipinski definition) is 2. The Morgan fingerprint density at radius 1 is 1.00 bits per heavy atom. The quantitative estimate of drug-likeness (QED) is 0.852. The van der Waals surface area contributed by atoms with E-state index in [4.69, 9.17) is 5.73 Å². The molecule has 0 aromatic heterocycles. The number of sulfonamides is 1. The van der Waals surface area contributed by atoms with Crippen LogP contribution in [-0.4, -0.2) is 8.42 Å². The molecule has 0 heterocycles. The molecule has 0 amide bonds. The van der Waals surface area contributed by atoms with E-state index in [0.717, 1.165) is 0 Å². The maximum atomic E-state index is 12.2. The lowest BCUT2D eigenvalue weighted by atomic mass is 10.3. The summed E-state index contributed by atoms with van der Waals surface area (Å²) < 4.78 is 27.5. The molecule has 0 bridgehead atoms. The van der Waals surface area contributed by atoms with E-state index >= 15 is 0 Å². The smallest absolute Gasteiger partial charge is 0.263 e. The Hall–Kier alpha value is -1.53. The van der Waals surface area contributed by atoms with Crippen LogP contribution in [0.3, 0.4) is 0 Å². The Balaban J connectivity index is 2.40. The lowest BCUT2D eigenvalue weighted by Gasteiger charge is -2.11. The van der Waals surface area contributed by atoms with Crippen molar-refractivity contribution in [3.63, 3.8) is 0 Å². The molecule has 4 nitrogen and oxygen atoms in total. The van der Waals surface area contributed by atoms with Gasteiger partial charge in [0.2, 0.25) is 0 Å².